The third-order valence-electron chi connectivity index (χ3n) is 3.55. The number of anilines is 4. The summed E-state index contributed by atoms with van der Waals surface area (Å²) in [6, 6.07) is 15.9. The highest BCUT2D eigenvalue weighted by atomic mass is 35.5. The minimum absolute atomic E-state index is 0.178. The number of benzene rings is 2. The van der Waals surface area contributed by atoms with Crippen LogP contribution in [0.25, 0.3) is 0 Å². The van der Waals surface area contributed by atoms with E-state index in [-0.39, 0.29) is 11.8 Å². The predicted molar refractivity (Wildman–Crippen MR) is 108 cm³/mol. The van der Waals surface area contributed by atoms with E-state index in [0.717, 1.165) is 5.69 Å². The van der Waals surface area contributed by atoms with E-state index in [1.807, 2.05) is 12.1 Å². The van der Waals surface area contributed by atoms with Gasteiger partial charge in [-0.25, -0.2) is 0 Å². The van der Waals surface area contributed by atoms with E-state index in [0.29, 0.717) is 27.6 Å². The molecule has 3 N–H and O–H groups in total. The van der Waals surface area contributed by atoms with Crippen molar-refractivity contribution in [1.29, 1.82) is 0 Å². The first-order chi connectivity index (χ1) is 13.0. The van der Waals surface area contributed by atoms with E-state index in [4.69, 9.17) is 11.6 Å². The van der Waals surface area contributed by atoms with Crippen molar-refractivity contribution in [3.63, 3.8) is 0 Å². The molecule has 1 aromatic heterocycles. The second-order valence-corrected chi connectivity index (χ2v) is 6.25. The Labute approximate surface area is 161 Å². The highest BCUT2D eigenvalue weighted by Crippen LogP contribution is 2.21. The molecule has 6 nitrogen and oxygen atoms in total. The van der Waals surface area contributed by atoms with Crippen molar-refractivity contribution in [2.24, 2.45) is 0 Å². The number of nitrogens with zero attached hydrogens (tertiary/aromatic N) is 1. The van der Waals surface area contributed by atoms with Crippen LogP contribution in [-0.2, 0) is 4.79 Å². The van der Waals surface area contributed by atoms with Crippen LogP contribution in [0.15, 0.2) is 67.0 Å². The van der Waals surface area contributed by atoms with Crippen LogP contribution < -0.4 is 16.0 Å². The molecule has 0 radical (unpaired) electrons. The van der Waals surface area contributed by atoms with Crippen molar-refractivity contribution in [1.82, 2.24) is 4.98 Å². The fraction of sp³-hybridized carbons (Fsp3) is 0.0500. The van der Waals surface area contributed by atoms with Gasteiger partial charge in [-0.05, 0) is 42.5 Å². The number of pyridine rings is 1. The predicted octanol–water partition coefficient (Wildman–Crippen LogP) is 4.69. The second kappa shape index (κ2) is 8.33. The molecule has 3 aromatic rings. The average molecular weight is 381 g/mol. The number of nitrogens with one attached hydrogen (secondary N) is 3. The van der Waals surface area contributed by atoms with Gasteiger partial charge < -0.3 is 16.0 Å². The van der Waals surface area contributed by atoms with E-state index < -0.39 is 0 Å². The van der Waals surface area contributed by atoms with Crippen LogP contribution in [0.3, 0.4) is 0 Å². The molecule has 0 saturated heterocycles. The Kier molecular flexibility index (Phi) is 5.68. The lowest BCUT2D eigenvalue weighted by Crippen LogP contribution is -2.13. The van der Waals surface area contributed by atoms with Gasteiger partial charge in [-0.2, -0.15) is 0 Å². The third-order valence-corrected chi connectivity index (χ3v) is 3.79. The quantitative estimate of drug-likeness (QED) is 0.599. The standard InChI is InChI=1S/C20H17ClN4O2/c1-13(26)23-17-6-3-7-18(10-17)25-20(27)14-8-19(12-22-11-14)24-16-5-2-4-15(21)9-16/h2-12,24H,1H3,(H,23,26)(H,25,27). The molecule has 0 aliphatic carbocycles. The zero-order valence-corrected chi connectivity index (χ0v) is 15.2. The Hall–Kier alpha value is -3.38. The second-order valence-electron chi connectivity index (χ2n) is 5.81. The zero-order chi connectivity index (χ0) is 19.2. The molecule has 0 spiro atoms. The van der Waals surface area contributed by atoms with Gasteiger partial charge in [0.1, 0.15) is 0 Å². The maximum absolute atomic E-state index is 12.5. The Morgan fingerprint density at radius 3 is 2.30 bits per heavy atom. The summed E-state index contributed by atoms with van der Waals surface area (Å²) < 4.78 is 0. The number of amides is 2. The first-order valence-electron chi connectivity index (χ1n) is 8.16. The molecular formula is C20H17ClN4O2. The van der Waals surface area contributed by atoms with E-state index >= 15 is 0 Å². The van der Waals surface area contributed by atoms with Crippen LogP contribution in [0.4, 0.5) is 22.7 Å². The van der Waals surface area contributed by atoms with Gasteiger partial charge in [-0.3, -0.25) is 14.6 Å². The number of aromatic nitrogens is 1. The molecule has 0 unspecified atom stereocenters. The van der Waals surface area contributed by atoms with Gasteiger partial charge in [0.2, 0.25) is 5.91 Å². The van der Waals surface area contributed by atoms with Crippen molar-refractivity contribution < 1.29 is 9.59 Å². The maximum Gasteiger partial charge on any atom is 0.257 e. The van der Waals surface area contributed by atoms with Crippen molar-refractivity contribution in [2.45, 2.75) is 6.92 Å². The van der Waals surface area contributed by atoms with E-state index in [9.17, 15) is 9.59 Å². The Bertz CT molecular complexity index is 991. The smallest absolute Gasteiger partial charge is 0.257 e. The number of hydrogen-bond donors (Lipinski definition) is 3. The molecule has 7 heteroatoms. The maximum atomic E-state index is 12.5. The third kappa shape index (κ3) is 5.29. The molecule has 0 aliphatic heterocycles. The van der Waals surface area contributed by atoms with Crippen LogP contribution in [0.2, 0.25) is 5.02 Å². The largest absolute Gasteiger partial charge is 0.354 e. The molecule has 0 aliphatic rings. The lowest BCUT2D eigenvalue weighted by atomic mass is 10.2. The van der Waals surface area contributed by atoms with Crippen LogP contribution in [-0.4, -0.2) is 16.8 Å². The molecule has 0 atom stereocenters. The van der Waals surface area contributed by atoms with Gasteiger partial charge in [-0.15, -0.1) is 0 Å². The molecule has 3 rings (SSSR count). The molecule has 1 heterocycles. The Morgan fingerprint density at radius 2 is 1.56 bits per heavy atom. The summed E-state index contributed by atoms with van der Waals surface area (Å²) in [5.74, 6) is -0.486. The fourth-order valence-corrected chi connectivity index (χ4v) is 2.64. The van der Waals surface area contributed by atoms with E-state index in [2.05, 4.69) is 20.9 Å². The van der Waals surface area contributed by atoms with E-state index in [1.54, 1.807) is 48.7 Å². The summed E-state index contributed by atoms with van der Waals surface area (Å²) in [5, 5.41) is 9.24. The lowest BCUT2D eigenvalue weighted by Gasteiger charge is -2.10. The number of carbonyl (C=O) groups is 2. The molecule has 0 fully saturated rings. The molecule has 0 saturated carbocycles. The molecule has 2 amide bonds. The highest BCUT2D eigenvalue weighted by Gasteiger charge is 2.09. The average Bonchev–Trinajstić information content (AvgIpc) is 2.62. The molecule has 2 aromatic carbocycles. The normalized spacial score (nSPS) is 10.1. The summed E-state index contributed by atoms with van der Waals surface area (Å²) in [6.07, 6.45) is 3.10. The van der Waals surface area contributed by atoms with Crippen molar-refractivity contribution in [3.8, 4) is 0 Å². The monoisotopic (exact) mass is 380 g/mol. The minimum Gasteiger partial charge on any atom is -0.354 e. The summed E-state index contributed by atoms with van der Waals surface area (Å²) in [4.78, 5) is 27.8. The van der Waals surface area contributed by atoms with Crippen molar-refractivity contribution in [3.05, 3.63) is 77.6 Å². The topological polar surface area (TPSA) is 83.1 Å². The summed E-state index contributed by atoms with van der Waals surface area (Å²) >= 11 is 5.98. The zero-order valence-electron chi connectivity index (χ0n) is 14.5. The number of hydrogen-bond acceptors (Lipinski definition) is 4. The first kappa shape index (κ1) is 18.4. The minimum atomic E-state index is -0.308. The van der Waals surface area contributed by atoms with Crippen molar-refractivity contribution in [2.75, 3.05) is 16.0 Å². The van der Waals surface area contributed by atoms with Gasteiger partial charge in [-0.1, -0.05) is 23.7 Å². The van der Waals surface area contributed by atoms with Crippen LogP contribution in [0.5, 0.6) is 0 Å². The SMILES string of the molecule is CC(=O)Nc1cccc(NC(=O)c2cncc(Nc3cccc(Cl)c3)c2)c1. The fourth-order valence-electron chi connectivity index (χ4n) is 2.45. The lowest BCUT2D eigenvalue weighted by molar-refractivity contribution is -0.114. The Morgan fingerprint density at radius 1 is 0.852 bits per heavy atom. The number of carbonyl (C=O) groups excluding carboxylic acids is 2. The Balaban J connectivity index is 1.73. The highest BCUT2D eigenvalue weighted by molar-refractivity contribution is 6.30. The number of halogens is 1. The van der Waals surface area contributed by atoms with Gasteiger partial charge >= 0.3 is 0 Å². The summed E-state index contributed by atoms with van der Waals surface area (Å²) in [5.41, 5.74) is 3.03. The van der Waals surface area contributed by atoms with Gasteiger partial charge in [0, 0.05) is 35.2 Å². The van der Waals surface area contributed by atoms with Crippen LogP contribution >= 0.6 is 11.6 Å². The van der Waals surface area contributed by atoms with Gasteiger partial charge in [0.25, 0.3) is 5.91 Å². The van der Waals surface area contributed by atoms with Crippen LogP contribution in [0.1, 0.15) is 17.3 Å². The molecule has 0 bridgehead atoms. The first-order valence-corrected chi connectivity index (χ1v) is 8.54. The number of rotatable bonds is 5. The van der Waals surface area contributed by atoms with Crippen molar-refractivity contribution >= 4 is 46.2 Å². The van der Waals surface area contributed by atoms with Gasteiger partial charge in [0.15, 0.2) is 0 Å². The molecule has 27 heavy (non-hydrogen) atoms. The molecular weight excluding hydrogens is 364 g/mol. The van der Waals surface area contributed by atoms with Gasteiger partial charge in [0.05, 0.1) is 17.4 Å². The van der Waals surface area contributed by atoms with Crippen LogP contribution in [0, 0.1) is 0 Å². The van der Waals surface area contributed by atoms with E-state index in [1.165, 1.54) is 13.1 Å². The molecule has 136 valence electrons. The summed E-state index contributed by atoms with van der Waals surface area (Å²) in [6.45, 7) is 1.43. The summed E-state index contributed by atoms with van der Waals surface area (Å²) in [7, 11) is 0.